The van der Waals surface area contributed by atoms with Crippen LogP contribution in [0.25, 0.3) is 0 Å². The Morgan fingerprint density at radius 3 is 2.62 bits per heavy atom. The predicted octanol–water partition coefficient (Wildman–Crippen LogP) is 4.11. The van der Waals surface area contributed by atoms with Crippen LogP contribution in [0, 0.1) is 17.6 Å². The van der Waals surface area contributed by atoms with E-state index >= 15 is 0 Å². The lowest BCUT2D eigenvalue weighted by molar-refractivity contribution is -0.121. The Morgan fingerprint density at radius 1 is 1.12 bits per heavy atom. The summed E-state index contributed by atoms with van der Waals surface area (Å²) in [5.41, 5.74) is 0.0225. The summed E-state index contributed by atoms with van der Waals surface area (Å²) in [5.74, 6) is -2.53. The monoisotopic (exact) mass is 378 g/mol. The van der Waals surface area contributed by atoms with Gasteiger partial charge in [0.25, 0.3) is 5.91 Å². The number of carbonyl (C=O) groups is 2. The zero-order valence-electron chi connectivity index (χ0n) is 13.8. The van der Waals surface area contributed by atoms with Gasteiger partial charge < -0.3 is 10.2 Å². The van der Waals surface area contributed by atoms with E-state index in [1.807, 2.05) is 0 Å². The molecule has 0 saturated carbocycles. The number of rotatable bonds is 3. The summed E-state index contributed by atoms with van der Waals surface area (Å²) in [6, 6.07) is 9.74. The lowest BCUT2D eigenvalue weighted by Crippen LogP contribution is -2.44. The van der Waals surface area contributed by atoms with Gasteiger partial charge in [0.05, 0.1) is 17.2 Å². The number of amides is 2. The summed E-state index contributed by atoms with van der Waals surface area (Å²) in [5, 5.41) is 2.77. The van der Waals surface area contributed by atoms with Gasteiger partial charge in [0.1, 0.15) is 11.6 Å². The first-order valence-corrected chi connectivity index (χ1v) is 8.63. The second-order valence-corrected chi connectivity index (χ2v) is 6.62. The fraction of sp³-hybridized carbons (Fsp3) is 0.263. The van der Waals surface area contributed by atoms with Gasteiger partial charge in [-0.25, -0.2) is 8.78 Å². The Balaban J connectivity index is 1.69. The smallest absolute Gasteiger partial charge is 0.256 e. The lowest BCUT2D eigenvalue weighted by Gasteiger charge is -2.32. The Bertz CT molecular complexity index is 844. The van der Waals surface area contributed by atoms with Gasteiger partial charge in [-0.05, 0) is 43.2 Å². The van der Waals surface area contributed by atoms with Crippen molar-refractivity contribution in [1.29, 1.82) is 0 Å². The largest absolute Gasteiger partial charge is 0.338 e. The Kier molecular flexibility index (Phi) is 5.52. The Morgan fingerprint density at radius 2 is 1.88 bits per heavy atom. The molecule has 1 fully saturated rings. The molecule has 1 aliphatic rings. The summed E-state index contributed by atoms with van der Waals surface area (Å²) >= 11 is 5.70. The van der Waals surface area contributed by atoms with Crippen molar-refractivity contribution in [2.75, 3.05) is 18.4 Å². The molecule has 2 amide bonds. The van der Waals surface area contributed by atoms with Gasteiger partial charge in [0.15, 0.2) is 0 Å². The third-order valence-corrected chi connectivity index (χ3v) is 4.61. The molecule has 0 radical (unpaired) electrons. The van der Waals surface area contributed by atoms with Crippen molar-refractivity contribution in [3.8, 4) is 0 Å². The first-order chi connectivity index (χ1) is 12.5. The van der Waals surface area contributed by atoms with Crippen molar-refractivity contribution in [1.82, 2.24) is 4.90 Å². The number of piperidine rings is 1. The van der Waals surface area contributed by atoms with Crippen LogP contribution in [0.2, 0.25) is 5.02 Å². The fourth-order valence-corrected chi connectivity index (χ4v) is 3.17. The van der Waals surface area contributed by atoms with Crippen molar-refractivity contribution >= 4 is 29.1 Å². The topological polar surface area (TPSA) is 49.4 Å². The predicted molar refractivity (Wildman–Crippen MR) is 95.1 cm³/mol. The molecule has 136 valence electrons. The van der Waals surface area contributed by atoms with Crippen molar-refractivity contribution < 1.29 is 18.4 Å². The van der Waals surface area contributed by atoms with Crippen molar-refractivity contribution in [3.63, 3.8) is 0 Å². The molecule has 1 saturated heterocycles. The molecule has 7 heteroatoms. The number of hydrogen-bond acceptors (Lipinski definition) is 2. The van der Waals surface area contributed by atoms with Crippen molar-refractivity contribution in [2.24, 2.45) is 5.92 Å². The highest BCUT2D eigenvalue weighted by atomic mass is 35.5. The van der Waals surface area contributed by atoms with E-state index in [1.165, 1.54) is 35.2 Å². The molecule has 3 rings (SSSR count). The van der Waals surface area contributed by atoms with Gasteiger partial charge >= 0.3 is 0 Å². The molecule has 1 aliphatic heterocycles. The molecule has 26 heavy (non-hydrogen) atoms. The van der Waals surface area contributed by atoms with Crippen LogP contribution in [0.1, 0.15) is 23.2 Å². The van der Waals surface area contributed by atoms with Gasteiger partial charge in [-0.15, -0.1) is 0 Å². The van der Waals surface area contributed by atoms with Crippen molar-refractivity contribution in [3.05, 3.63) is 64.7 Å². The number of benzene rings is 2. The SMILES string of the molecule is O=C(Nc1ccc(Cl)cc1F)[C@H]1CCCN(C(=O)c2ccccc2F)C1. The molecule has 2 aromatic rings. The highest BCUT2D eigenvalue weighted by molar-refractivity contribution is 6.30. The fourth-order valence-electron chi connectivity index (χ4n) is 3.01. The molecule has 1 atom stereocenters. The van der Waals surface area contributed by atoms with Crippen LogP contribution in [-0.4, -0.2) is 29.8 Å². The number of hydrogen-bond donors (Lipinski definition) is 1. The van der Waals surface area contributed by atoms with Crippen LogP contribution in [-0.2, 0) is 4.79 Å². The molecule has 0 bridgehead atoms. The van der Waals surface area contributed by atoms with E-state index in [9.17, 15) is 18.4 Å². The Hall–Kier alpha value is -2.47. The summed E-state index contributed by atoms with van der Waals surface area (Å²) < 4.78 is 27.7. The van der Waals surface area contributed by atoms with E-state index in [0.29, 0.717) is 19.4 Å². The zero-order valence-corrected chi connectivity index (χ0v) is 14.6. The molecule has 2 aromatic carbocycles. The van der Waals surface area contributed by atoms with Gasteiger partial charge in [-0.3, -0.25) is 9.59 Å². The number of halogens is 3. The van der Waals surface area contributed by atoms with Crippen LogP contribution in [0.15, 0.2) is 42.5 Å². The van der Waals surface area contributed by atoms with E-state index in [-0.39, 0.29) is 28.7 Å². The van der Waals surface area contributed by atoms with E-state index < -0.39 is 23.5 Å². The third kappa shape index (κ3) is 4.02. The number of nitrogens with zero attached hydrogens (tertiary/aromatic N) is 1. The number of likely N-dealkylation sites (tertiary alicyclic amines) is 1. The molecule has 0 aromatic heterocycles. The van der Waals surface area contributed by atoms with E-state index in [0.717, 1.165) is 6.07 Å². The normalized spacial score (nSPS) is 17.0. The zero-order chi connectivity index (χ0) is 18.7. The van der Waals surface area contributed by atoms with E-state index in [4.69, 9.17) is 11.6 Å². The number of anilines is 1. The maximum Gasteiger partial charge on any atom is 0.256 e. The minimum absolute atomic E-state index is 0.0164. The molecule has 0 spiro atoms. The quantitative estimate of drug-likeness (QED) is 0.873. The molecule has 0 aliphatic carbocycles. The minimum Gasteiger partial charge on any atom is -0.338 e. The van der Waals surface area contributed by atoms with E-state index in [1.54, 1.807) is 6.07 Å². The molecule has 0 unspecified atom stereocenters. The van der Waals surface area contributed by atoms with Crippen LogP contribution >= 0.6 is 11.6 Å². The van der Waals surface area contributed by atoms with Gasteiger partial charge in [-0.2, -0.15) is 0 Å². The minimum atomic E-state index is -0.624. The molecular weight excluding hydrogens is 362 g/mol. The lowest BCUT2D eigenvalue weighted by atomic mass is 9.96. The van der Waals surface area contributed by atoms with E-state index in [2.05, 4.69) is 5.32 Å². The highest BCUT2D eigenvalue weighted by Gasteiger charge is 2.30. The second kappa shape index (κ2) is 7.83. The number of nitrogens with one attached hydrogen (secondary N) is 1. The summed E-state index contributed by atoms with van der Waals surface area (Å²) in [4.78, 5) is 26.4. The summed E-state index contributed by atoms with van der Waals surface area (Å²) in [7, 11) is 0. The van der Waals surface area contributed by atoms with Gasteiger partial charge in [-0.1, -0.05) is 23.7 Å². The average Bonchev–Trinajstić information content (AvgIpc) is 2.64. The summed E-state index contributed by atoms with van der Waals surface area (Å²) in [6.07, 6.45) is 1.18. The standard InChI is InChI=1S/C19H17ClF2N2O2/c20-13-7-8-17(16(22)10-13)23-18(25)12-4-3-9-24(11-12)19(26)14-5-1-2-6-15(14)21/h1-2,5-8,10,12H,3-4,9,11H2,(H,23,25)/t12-/m0/s1. The van der Waals surface area contributed by atoms with Crippen LogP contribution in [0.5, 0.6) is 0 Å². The molecular formula is C19H17ClF2N2O2. The first kappa shape index (κ1) is 18.3. The van der Waals surface area contributed by atoms with Crippen LogP contribution in [0.4, 0.5) is 14.5 Å². The maximum absolute atomic E-state index is 13.8. The number of carbonyl (C=O) groups excluding carboxylic acids is 2. The van der Waals surface area contributed by atoms with Gasteiger partial charge in [0, 0.05) is 18.1 Å². The second-order valence-electron chi connectivity index (χ2n) is 6.18. The Labute approximate surface area is 154 Å². The van der Waals surface area contributed by atoms with Crippen molar-refractivity contribution in [2.45, 2.75) is 12.8 Å². The highest BCUT2D eigenvalue weighted by Crippen LogP contribution is 2.23. The third-order valence-electron chi connectivity index (χ3n) is 4.37. The maximum atomic E-state index is 13.8. The molecule has 1 N–H and O–H groups in total. The summed E-state index contributed by atoms with van der Waals surface area (Å²) in [6.45, 7) is 0.612. The average molecular weight is 379 g/mol. The van der Waals surface area contributed by atoms with Crippen LogP contribution < -0.4 is 5.32 Å². The molecule has 4 nitrogen and oxygen atoms in total. The first-order valence-electron chi connectivity index (χ1n) is 8.25. The van der Waals surface area contributed by atoms with Crippen LogP contribution in [0.3, 0.4) is 0 Å². The van der Waals surface area contributed by atoms with Gasteiger partial charge in [0.2, 0.25) is 5.91 Å². The molecule has 1 heterocycles.